The van der Waals surface area contributed by atoms with Gasteiger partial charge in [0.2, 0.25) is 0 Å². The average molecular weight is 760 g/mol. The number of carboxylic acid groups (broad SMARTS) is 1. The van der Waals surface area contributed by atoms with Crippen molar-refractivity contribution in [1.82, 2.24) is 29.2 Å². The van der Waals surface area contributed by atoms with E-state index in [9.17, 15) is 34.9 Å². The first-order valence-electron chi connectivity index (χ1n) is 15.9. The standard InChI is InChI=1S/C18H13N5O3S.C18H12N4O4S/c1-10-14(13-8-4-5-9-22(13)21-10)18-20-15(16(27-18)17(19)24)11-6-2-3-7-12(11)23(25)26;1-10-14(13-8-4-5-9-21(13)20-10)17-19-15(16(27-17)18(23)24)11-6-2-3-7-12(11)22(25)26/h2-9H,1H3,(H2,19,24);2-9H,1H3,(H,23,24). The Hall–Kier alpha value is -7.18. The molecule has 0 aliphatic rings. The Labute approximate surface area is 311 Å². The Balaban J connectivity index is 0.000000167. The van der Waals surface area contributed by atoms with Crippen molar-refractivity contribution < 1.29 is 24.5 Å². The number of amides is 1. The summed E-state index contributed by atoms with van der Waals surface area (Å²) < 4.78 is 3.41. The minimum atomic E-state index is -1.18. The molecular weight excluding hydrogens is 735 g/mol. The van der Waals surface area contributed by atoms with E-state index in [0.717, 1.165) is 45.0 Å². The Morgan fingerprint density at radius 1 is 0.667 bits per heavy atom. The van der Waals surface area contributed by atoms with Gasteiger partial charge in [0.25, 0.3) is 17.3 Å². The molecule has 0 unspecified atom stereocenters. The molecule has 8 aromatic rings. The number of benzene rings is 2. The maximum absolute atomic E-state index is 12.0. The first-order chi connectivity index (χ1) is 25.9. The highest BCUT2D eigenvalue weighted by molar-refractivity contribution is 7.17. The van der Waals surface area contributed by atoms with Gasteiger partial charge in [0.05, 0.1) is 54.5 Å². The van der Waals surface area contributed by atoms with E-state index in [2.05, 4.69) is 20.2 Å². The maximum Gasteiger partial charge on any atom is 0.348 e. The lowest BCUT2D eigenvalue weighted by atomic mass is 10.1. The third-order valence-electron chi connectivity index (χ3n) is 8.24. The number of carbonyl (C=O) groups is 2. The van der Waals surface area contributed by atoms with E-state index in [-0.39, 0.29) is 43.6 Å². The molecule has 0 spiro atoms. The van der Waals surface area contributed by atoms with E-state index < -0.39 is 21.7 Å². The highest BCUT2D eigenvalue weighted by Gasteiger charge is 2.28. The first-order valence-corrected chi connectivity index (χ1v) is 17.5. The molecular formula is C36H25N9O7S2. The van der Waals surface area contributed by atoms with Crippen molar-refractivity contribution in [3.63, 3.8) is 0 Å². The van der Waals surface area contributed by atoms with Gasteiger partial charge in [-0.2, -0.15) is 10.2 Å². The predicted octanol–water partition coefficient (Wildman–Crippen LogP) is 7.48. The highest BCUT2D eigenvalue weighted by atomic mass is 32.1. The van der Waals surface area contributed by atoms with Gasteiger partial charge in [0, 0.05) is 24.5 Å². The SMILES string of the molecule is Cc1nn2ccccc2c1-c1nc(-c2ccccc2[N+](=O)[O-])c(C(=O)O)s1.Cc1nn2ccccc2c1-c1nc(-c2ccccc2[N+](=O)[O-])c(C(N)=O)s1. The molecule has 54 heavy (non-hydrogen) atoms. The number of nitro groups is 2. The minimum absolute atomic E-state index is 0.0472. The molecule has 6 heterocycles. The summed E-state index contributed by atoms with van der Waals surface area (Å²) in [5.41, 5.74) is 10.5. The molecule has 0 aliphatic heterocycles. The molecule has 0 saturated carbocycles. The molecule has 0 aliphatic carbocycles. The van der Waals surface area contributed by atoms with Gasteiger partial charge in [-0.1, -0.05) is 36.4 Å². The molecule has 6 aromatic heterocycles. The zero-order valence-electron chi connectivity index (χ0n) is 28.1. The quantitative estimate of drug-likeness (QED) is 0.114. The number of rotatable bonds is 8. The summed E-state index contributed by atoms with van der Waals surface area (Å²) in [4.78, 5) is 54.7. The number of nitrogens with two attached hydrogens (primary N) is 1. The smallest absolute Gasteiger partial charge is 0.348 e. The van der Waals surface area contributed by atoms with E-state index >= 15 is 0 Å². The molecule has 1 amide bonds. The number of hydrogen-bond donors (Lipinski definition) is 2. The van der Waals surface area contributed by atoms with Crippen LogP contribution in [0.15, 0.2) is 97.3 Å². The fourth-order valence-electron chi connectivity index (χ4n) is 5.96. The normalized spacial score (nSPS) is 11.0. The molecule has 2 aromatic carbocycles. The number of primary amides is 1. The molecule has 0 bridgehead atoms. The molecule has 0 fully saturated rings. The number of aryl methyl sites for hydroxylation is 2. The van der Waals surface area contributed by atoms with E-state index in [4.69, 9.17) is 5.73 Å². The lowest BCUT2D eigenvalue weighted by Crippen LogP contribution is -2.10. The fourth-order valence-corrected chi connectivity index (χ4v) is 8.02. The summed E-state index contributed by atoms with van der Waals surface area (Å²) in [5.74, 6) is -1.86. The Kier molecular flexibility index (Phi) is 9.19. The number of fused-ring (bicyclic) bond motifs is 2. The van der Waals surface area contributed by atoms with Gasteiger partial charge in [0.1, 0.15) is 31.2 Å². The number of carbonyl (C=O) groups excluding carboxylic acids is 1. The third kappa shape index (κ3) is 6.31. The van der Waals surface area contributed by atoms with Crippen LogP contribution in [0.1, 0.15) is 30.7 Å². The lowest BCUT2D eigenvalue weighted by molar-refractivity contribution is -0.384. The van der Waals surface area contributed by atoms with Gasteiger partial charge < -0.3 is 10.8 Å². The monoisotopic (exact) mass is 759 g/mol. The fraction of sp³-hybridized carbons (Fsp3) is 0.0556. The molecule has 0 radical (unpaired) electrons. The number of nitrogens with zero attached hydrogens (tertiary/aromatic N) is 8. The van der Waals surface area contributed by atoms with Crippen molar-refractivity contribution in [3.8, 4) is 43.7 Å². The van der Waals surface area contributed by atoms with E-state index in [1.165, 1.54) is 24.3 Å². The maximum atomic E-state index is 12.0. The van der Waals surface area contributed by atoms with E-state index in [1.807, 2.05) is 56.4 Å². The second kappa shape index (κ2) is 14.1. The molecule has 268 valence electrons. The highest BCUT2D eigenvalue weighted by Crippen LogP contribution is 2.41. The van der Waals surface area contributed by atoms with Crippen molar-refractivity contribution in [2.45, 2.75) is 13.8 Å². The largest absolute Gasteiger partial charge is 0.477 e. The molecule has 3 N–H and O–H groups in total. The lowest BCUT2D eigenvalue weighted by Gasteiger charge is -2.01. The minimum Gasteiger partial charge on any atom is -0.477 e. The number of carboxylic acids is 1. The van der Waals surface area contributed by atoms with Gasteiger partial charge in [-0.05, 0) is 50.2 Å². The van der Waals surface area contributed by atoms with Crippen molar-refractivity contribution in [1.29, 1.82) is 0 Å². The zero-order valence-corrected chi connectivity index (χ0v) is 29.7. The number of para-hydroxylation sites is 2. The van der Waals surface area contributed by atoms with Gasteiger partial charge in [-0.25, -0.2) is 23.8 Å². The van der Waals surface area contributed by atoms with Crippen LogP contribution in [0.3, 0.4) is 0 Å². The molecule has 16 nitrogen and oxygen atoms in total. The van der Waals surface area contributed by atoms with Crippen molar-refractivity contribution in [2.75, 3.05) is 0 Å². The number of aromatic carboxylic acids is 1. The second-order valence-corrected chi connectivity index (χ2v) is 13.6. The van der Waals surface area contributed by atoms with Gasteiger partial charge in [-0.15, -0.1) is 22.7 Å². The number of nitro benzene ring substituents is 2. The molecule has 18 heteroatoms. The van der Waals surface area contributed by atoms with Crippen LogP contribution in [0, 0.1) is 34.1 Å². The van der Waals surface area contributed by atoms with Gasteiger partial charge >= 0.3 is 5.97 Å². The number of hydrogen-bond acceptors (Lipinski definition) is 12. The number of aromatic nitrogens is 6. The molecule has 0 atom stereocenters. The Morgan fingerprint density at radius 2 is 1.07 bits per heavy atom. The summed E-state index contributed by atoms with van der Waals surface area (Å²) in [6.45, 7) is 3.66. The van der Waals surface area contributed by atoms with Crippen molar-refractivity contribution in [2.24, 2.45) is 5.73 Å². The third-order valence-corrected chi connectivity index (χ3v) is 10.4. The van der Waals surface area contributed by atoms with Crippen LogP contribution in [-0.4, -0.2) is 56.0 Å². The van der Waals surface area contributed by atoms with Crippen LogP contribution in [0.5, 0.6) is 0 Å². The molecule has 8 rings (SSSR count). The average Bonchev–Trinajstić information content (AvgIpc) is 3.93. The van der Waals surface area contributed by atoms with Crippen LogP contribution >= 0.6 is 22.7 Å². The molecule has 0 saturated heterocycles. The van der Waals surface area contributed by atoms with Gasteiger partial charge in [-0.3, -0.25) is 25.0 Å². The Morgan fingerprint density at radius 3 is 1.50 bits per heavy atom. The first kappa shape index (κ1) is 35.2. The summed E-state index contributed by atoms with van der Waals surface area (Å²) in [5, 5.41) is 42.2. The summed E-state index contributed by atoms with van der Waals surface area (Å²) >= 11 is 2.09. The van der Waals surface area contributed by atoms with Crippen LogP contribution in [0.25, 0.3) is 54.7 Å². The van der Waals surface area contributed by atoms with Crippen LogP contribution in [-0.2, 0) is 0 Å². The van der Waals surface area contributed by atoms with Crippen LogP contribution in [0.2, 0.25) is 0 Å². The number of thiazole rings is 2. The Bertz CT molecular complexity index is 2610. The predicted molar refractivity (Wildman–Crippen MR) is 202 cm³/mol. The van der Waals surface area contributed by atoms with E-state index in [0.29, 0.717) is 21.3 Å². The summed E-state index contributed by atoms with van der Waals surface area (Å²) in [7, 11) is 0. The summed E-state index contributed by atoms with van der Waals surface area (Å²) in [6, 6.07) is 23.3. The van der Waals surface area contributed by atoms with Crippen LogP contribution < -0.4 is 5.73 Å². The van der Waals surface area contributed by atoms with Crippen molar-refractivity contribution in [3.05, 3.63) is 139 Å². The van der Waals surface area contributed by atoms with Gasteiger partial charge in [0.15, 0.2) is 0 Å². The van der Waals surface area contributed by atoms with E-state index in [1.54, 1.807) is 39.5 Å². The summed E-state index contributed by atoms with van der Waals surface area (Å²) in [6.07, 6.45) is 3.61. The zero-order chi connectivity index (χ0) is 38.3. The second-order valence-electron chi connectivity index (χ2n) is 11.6. The van der Waals surface area contributed by atoms with Crippen LogP contribution in [0.4, 0.5) is 11.4 Å². The van der Waals surface area contributed by atoms with Crippen molar-refractivity contribution >= 4 is 57.0 Å². The topological polar surface area (TPSA) is 227 Å². The number of pyridine rings is 2.